The van der Waals surface area contributed by atoms with E-state index in [9.17, 15) is 19.7 Å². The maximum Gasteiger partial charge on any atom is 0.294 e. The third kappa shape index (κ3) is 11.8. The molecule has 5 fully saturated rings. The van der Waals surface area contributed by atoms with Crippen LogP contribution >= 0.6 is 0 Å². The van der Waals surface area contributed by atoms with E-state index in [4.69, 9.17) is 28.4 Å². The Morgan fingerprint density at radius 1 is 1.00 bits per heavy atom. The van der Waals surface area contributed by atoms with E-state index in [2.05, 4.69) is 39.3 Å². The lowest BCUT2D eigenvalue weighted by molar-refractivity contribution is -0.757. The van der Waals surface area contributed by atoms with Gasteiger partial charge in [-0.15, -0.1) is 10.1 Å². The lowest BCUT2D eigenvalue weighted by Gasteiger charge is -2.47. The Morgan fingerprint density at radius 3 is 2.56 bits per heavy atom. The Balaban J connectivity index is 1.17. The Kier molecular flexibility index (Phi) is 15.9. The number of piperidine rings is 1. The van der Waals surface area contributed by atoms with Gasteiger partial charge in [0.15, 0.2) is 0 Å². The fraction of sp³-hybridized carbons (Fsp3) is 0.800. The van der Waals surface area contributed by atoms with Crippen LogP contribution in [0.15, 0.2) is 24.3 Å². The molecule has 6 rings (SSSR count). The summed E-state index contributed by atoms with van der Waals surface area (Å²) in [6.07, 6.45) is 4.73. The van der Waals surface area contributed by atoms with Gasteiger partial charge >= 0.3 is 0 Å². The molecule has 0 radical (unpaired) electrons. The SMILES string of the molecule is COCCCN1CCOC2CCC(COC3CN(C(=O)CCCO[N+](=O)[O-])CC(CNC(=O)CC4C5COCC54)C3c3ccc(COCCOC)cc3)CC21. The number of ether oxygens (including phenoxy) is 6. The first-order chi connectivity index (χ1) is 26.8. The highest BCUT2D eigenvalue weighted by Gasteiger charge is 2.54. The van der Waals surface area contributed by atoms with E-state index < -0.39 is 5.09 Å². The van der Waals surface area contributed by atoms with Crippen molar-refractivity contribution < 1.29 is 47.9 Å². The molecule has 0 bridgehead atoms. The molecule has 2 amide bonds. The number of hydrogen-bond acceptors (Lipinski definition) is 12. The van der Waals surface area contributed by atoms with Gasteiger partial charge in [0, 0.05) is 90.9 Å². The number of methoxy groups -OCH3 is 2. The number of fused-ring (bicyclic) bond motifs is 2. The van der Waals surface area contributed by atoms with Crippen LogP contribution < -0.4 is 5.32 Å². The summed E-state index contributed by atoms with van der Waals surface area (Å²) >= 11 is 0. The summed E-state index contributed by atoms with van der Waals surface area (Å²) in [5, 5.41) is 13.1. The van der Waals surface area contributed by atoms with Crippen LogP contribution in [0.5, 0.6) is 0 Å². The van der Waals surface area contributed by atoms with Crippen LogP contribution in [0, 0.1) is 39.7 Å². The van der Waals surface area contributed by atoms with Crippen molar-refractivity contribution in [3.63, 3.8) is 0 Å². The quantitative estimate of drug-likeness (QED) is 0.104. The number of morpholine rings is 1. The molecule has 2 aliphatic carbocycles. The monoisotopic (exact) mass is 774 g/mol. The average molecular weight is 775 g/mol. The number of amides is 2. The van der Waals surface area contributed by atoms with Gasteiger partial charge in [-0.3, -0.25) is 14.5 Å². The van der Waals surface area contributed by atoms with Gasteiger partial charge in [0.05, 0.1) is 58.5 Å². The van der Waals surface area contributed by atoms with Crippen LogP contribution in [-0.4, -0.2) is 145 Å². The van der Waals surface area contributed by atoms with E-state index in [1.807, 2.05) is 4.90 Å². The molecule has 1 aromatic carbocycles. The van der Waals surface area contributed by atoms with E-state index in [0.717, 1.165) is 76.3 Å². The maximum atomic E-state index is 13.7. The maximum absolute atomic E-state index is 13.7. The number of hydrogen-bond donors (Lipinski definition) is 1. The van der Waals surface area contributed by atoms with Crippen LogP contribution in [0.3, 0.4) is 0 Å². The molecule has 5 aliphatic rings. The Morgan fingerprint density at radius 2 is 1.80 bits per heavy atom. The zero-order valence-electron chi connectivity index (χ0n) is 32.7. The number of benzene rings is 1. The van der Waals surface area contributed by atoms with Gasteiger partial charge in [0.2, 0.25) is 11.8 Å². The first-order valence-corrected chi connectivity index (χ1v) is 20.4. The zero-order chi connectivity index (χ0) is 38.6. The van der Waals surface area contributed by atoms with Gasteiger partial charge in [-0.25, -0.2) is 0 Å². The van der Waals surface area contributed by atoms with Gasteiger partial charge in [-0.05, 0) is 66.9 Å². The van der Waals surface area contributed by atoms with Crippen LogP contribution in [-0.2, 0) is 49.5 Å². The number of nitrogens with zero attached hydrogens (tertiary/aromatic N) is 3. The molecular weight excluding hydrogens is 712 g/mol. The Hall–Kier alpha value is -2.92. The fourth-order valence-corrected chi connectivity index (χ4v) is 9.40. The number of rotatable bonds is 22. The van der Waals surface area contributed by atoms with Crippen molar-refractivity contribution in [2.24, 2.45) is 29.6 Å². The topological polar surface area (TPSA) is 160 Å². The number of nitrogens with one attached hydrogen (secondary N) is 1. The van der Waals surface area contributed by atoms with Crippen molar-refractivity contribution in [2.75, 3.05) is 99.8 Å². The molecule has 0 aromatic heterocycles. The van der Waals surface area contributed by atoms with Crippen molar-refractivity contribution in [3.05, 3.63) is 45.5 Å². The minimum absolute atomic E-state index is 0.0288. The molecule has 15 nitrogen and oxygen atoms in total. The van der Waals surface area contributed by atoms with Gasteiger partial charge in [-0.2, -0.15) is 0 Å². The highest BCUT2D eigenvalue weighted by atomic mass is 16.9. The van der Waals surface area contributed by atoms with Crippen LogP contribution in [0.2, 0.25) is 0 Å². The summed E-state index contributed by atoms with van der Waals surface area (Å²) in [6, 6.07) is 8.76. The third-order valence-electron chi connectivity index (χ3n) is 12.4. The lowest BCUT2D eigenvalue weighted by Crippen LogP contribution is -2.55. The lowest BCUT2D eigenvalue weighted by atomic mass is 9.77. The molecule has 3 aliphatic heterocycles. The van der Waals surface area contributed by atoms with Crippen LogP contribution in [0.4, 0.5) is 0 Å². The highest BCUT2D eigenvalue weighted by molar-refractivity contribution is 5.77. The molecule has 0 spiro atoms. The van der Waals surface area contributed by atoms with Gasteiger partial charge in [-0.1, -0.05) is 24.3 Å². The molecule has 8 unspecified atom stereocenters. The number of carbonyl (C=O) groups excluding carboxylic acids is 2. The van der Waals surface area contributed by atoms with E-state index in [1.165, 1.54) is 0 Å². The van der Waals surface area contributed by atoms with E-state index >= 15 is 0 Å². The molecule has 1 N–H and O–H groups in total. The normalized spacial score (nSPS) is 30.4. The van der Waals surface area contributed by atoms with Crippen LogP contribution in [0.1, 0.15) is 62.0 Å². The summed E-state index contributed by atoms with van der Waals surface area (Å²) < 4.78 is 35.0. The number of carbonyl (C=O) groups is 2. The Labute approximate surface area is 325 Å². The minimum Gasteiger partial charge on any atom is -0.385 e. The molecule has 1 aromatic rings. The summed E-state index contributed by atoms with van der Waals surface area (Å²) in [4.78, 5) is 46.6. The molecule has 2 saturated carbocycles. The first-order valence-electron chi connectivity index (χ1n) is 20.4. The third-order valence-corrected chi connectivity index (χ3v) is 12.4. The molecule has 3 heterocycles. The minimum atomic E-state index is -0.830. The number of likely N-dealkylation sites (tertiary alicyclic amines) is 1. The van der Waals surface area contributed by atoms with E-state index in [1.54, 1.807) is 14.2 Å². The summed E-state index contributed by atoms with van der Waals surface area (Å²) in [5.41, 5.74) is 2.14. The largest absolute Gasteiger partial charge is 0.385 e. The molecular formula is C40H62N4O11. The fourth-order valence-electron chi connectivity index (χ4n) is 9.40. The standard InChI is InChI=1S/C40H62N4O11/c1-49-14-4-12-42-13-16-53-36-11-8-29(19-35(36)42)25-54-37-23-43(39(46)5-3-15-55-44(47)48)22-31(21-41-38(45)20-32-33-26-52-27-34(32)33)40(37)30-9-6-28(7-10-30)24-51-18-17-50-2/h6-7,9-10,29,31-37,40H,3-5,8,11-27H2,1-2H3,(H,41,45). The second-order valence-electron chi connectivity index (χ2n) is 16.0. The molecule has 308 valence electrons. The van der Waals surface area contributed by atoms with Crippen molar-refractivity contribution in [1.82, 2.24) is 15.1 Å². The van der Waals surface area contributed by atoms with Crippen molar-refractivity contribution in [3.8, 4) is 0 Å². The van der Waals surface area contributed by atoms with Gasteiger partial charge < -0.3 is 43.5 Å². The summed E-state index contributed by atoms with van der Waals surface area (Å²) in [6.45, 7) is 8.04. The van der Waals surface area contributed by atoms with Crippen molar-refractivity contribution in [1.29, 1.82) is 0 Å². The Bertz CT molecular complexity index is 1360. The smallest absolute Gasteiger partial charge is 0.294 e. The second-order valence-corrected chi connectivity index (χ2v) is 16.0. The highest BCUT2D eigenvalue weighted by Crippen LogP contribution is 2.52. The predicted molar refractivity (Wildman–Crippen MR) is 201 cm³/mol. The van der Waals surface area contributed by atoms with Gasteiger partial charge in [0.25, 0.3) is 5.09 Å². The summed E-state index contributed by atoms with van der Waals surface area (Å²) in [7, 11) is 3.40. The van der Waals surface area contributed by atoms with Crippen molar-refractivity contribution >= 4 is 11.8 Å². The summed E-state index contributed by atoms with van der Waals surface area (Å²) in [5.74, 6) is 1.42. The zero-order valence-corrected chi connectivity index (χ0v) is 32.7. The molecule has 55 heavy (non-hydrogen) atoms. The van der Waals surface area contributed by atoms with E-state index in [0.29, 0.717) is 82.2 Å². The molecule has 8 atom stereocenters. The first kappa shape index (κ1) is 41.7. The predicted octanol–water partition coefficient (Wildman–Crippen LogP) is 3.07. The van der Waals surface area contributed by atoms with Crippen LogP contribution in [0.25, 0.3) is 0 Å². The second kappa shape index (κ2) is 21.0. The average Bonchev–Trinajstić information content (AvgIpc) is 3.57. The van der Waals surface area contributed by atoms with Crippen molar-refractivity contribution in [2.45, 2.75) is 75.7 Å². The molecule has 15 heteroatoms. The van der Waals surface area contributed by atoms with E-state index in [-0.39, 0.29) is 55.3 Å². The van der Waals surface area contributed by atoms with Gasteiger partial charge in [0.1, 0.15) is 0 Å². The molecule has 3 saturated heterocycles.